The highest BCUT2D eigenvalue weighted by molar-refractivity contribution is 6.13. The van der Waals surface area contributed by atoms with Gasteiger partial charge in [0.15, 0.2) is 6.20 Å². The lowest BCUT2D eigenvalue weighted by Gasteiger charge is -2.14. The summed E-state index contributed by atoms with van der Waals surface area (Å²) in [5.41, 5.74) is 11.6. The minimum Gasteiger partial charge on any atom is -0.454 e. The first-order valence-electron chi connectivity index (χ1n) is 12.4. The number of rotatable bonds is 2. The van der Waals surface area contributed by atoms with Gasteiger partial charge in [-0.25, -0.2) is 8.96 Å². The van der Waals surface area contributed by atoms with Gasteiger partial charge in [0.1, 0.15) is 24.0 Å². The Morgan fingerprint density at radius 3 is 2.23 bits per heavy atom. The monoisotopic (exact) mass is 464 g/mol. The number of hydrogen-bond acceptors (Lipinski definition) is 1. The van der Waals surface area contributed by atoms with Crippen LogP contribution in [-0.4, -0.2) is 0 Å². The molecule has 0 saturated heterocycles. The van der Waals surface area contributed by atoms with Crippen molar-refractivity contribution >= 4 is 21.9 Å². The molecule has 0 unspecified atom stereocenters. The molecule has 1 aliphatic carbocycles. The van der Waals surface area contributed by atoms with Crippen LogP contribution in [0, 0.1) is 32.0 Å². The molecule has 35 heavy (non-hydrogen) atoms. The van der Waals surface area contributed by atoms with E-state index in [9.17, 15) is 0 Å². The van der Waals surface area contributed by atoms with Crippen LogP contribution in [0.4, 0.5) is 4.39 Å². The number of benzene rings is 3. The van der Waals surface area contributed by atoms with E-state index in [1.54, 1.807) is 6.07 Å². The summed E-state index contributed by atoms with van der Waals surface area (Å²) in [6.45, 7) is 11.0. The van der Waals surface area contributed by atoms with Crippen LogP contribution in [0.1, 0.15) is 41.7 Å². The van der Waals surface area contributed by atoms with Crippen LogP contribution in [0.3, 0.4) is 0 Å². The normalized spacial score (nSPS) is 14.7. The molecule has 3 heteroatoms. The van der Waals surface area contributed by atoms with Gasteiger partial charge in [0.25, 0.3) is 0 Å². The van der Waals surface area contributed by atoms with Crippen molar-refractivity contribution in [1.29, 1.82) is 0 Å². The van der Waals surface area contributed by atoms with Gasteiger partial charge in [-0.3, -0.25) is 0 Å². The third-order valence-corrected chi connectivity index (χ3v) is 7.80. The van der Waals surface area contributed by atoms with Crippen LogP contribution in [-0.2, 0) is 19.9 Å². The van der Waals surface area contributed by atoms with Gasteiger partial charge in [-0.1, -0.05) is 44.2 Å². The molecule has 0 atom stereocenters. The number of hydrogen-bond donors (Lipinski definition) is 0. The van der Waals surface area contributed by atoms with Gasteiger partial charge in [0, 0.05) is 22.4 Å². The Balaban J connectivity index is 1.63. The van der Waals surface area contributed by atoms with Crippen LogP contribution >= 0.6 is 0 Å². The SMILES string of the molecule is Cc1cc(-c2c(C)ccc3c2oc2c(-c4ccc5c(c4)CC(C)(C)C5)c(F)ccc23)[n+](C)cc1C. The Morgan fingerprint density at radius 2 is 1.46 bits per heavy atom. The minimum atomic E-state index is -0.247. The second-order valence-electron chi connectivity index (χ2n) is 11.2. The van der Waals surface area contributed by atoms with Gasteiger partial charge >= 0.3 is 0 Å². The highest BCUT2D eigenvalue weighted by Gasteiger charge is 2.29. The van der Waals surface area contributed by atoms with Gasteiger partial charge in [0.2, 0.25) is 5.69 Å². The molecule has 0 radical (unpaired) electrons. The minimum absolute atomic E-state index is 0.247. The number of aryl methyl sites for hydroxylation is 4. The maximum Gasteiger partial charge on any atom is 0.216 e. The summed E-state index contributed by atoms with van der Waals surface area (Å²) in [7, 11) is 2.07. The number of pyridine rings is 1. The lowest BCUT2D eigenvalue weighted by atomic mass is 9.90. The summed E-state index contributed by atoms with van der Waals surface area (Å²) in [5.74, 6) is -0.247. The van der Waals surface area contributed by atoms with Crippen molar-refractivity contribution in [3.63, 3.8) is 0 Å². The Kier molecular flexibility index (Phi) is 4.73. The van der Waals surface area contributed by atoms with E-state index in [1.165, 1.54) is 22.3 Å². The largest absolute Gasteiger partial charge is 0.454 e. The van der Waals surface area contributed by atoms with E-state index in [2.05, 4.69) is 88.8 Å². The molecule has 3 aromatic carbocycles. The molecule has 1 aliphatic rings. The molecule has 0 aliphatic heterocycles. The van der Waals surface area contributed by atoms with Crippen LogP contribution < -0.4 is 4.57 Å². The van der Waals surface area contributed by atoms with E-state index in [0.717, 1.165) is 51.6 Å². The second kappa shape index (κ2) is 7.52. The third kappa shape index (κ3) is 3.40. The second-order valence-corrected chi connectivity index (χ2v) is 11.2. The predicted molar refractivity (Wildman–Crippen MR) is 141 cm³/mol. The highest BCUT2D eigenvalue weighted by Crippen LogP contribution is 2.43. The third-order valence-electron chi connectivity index (χ3n) is 7.80. The zero-order chi connectivity index (χ0) is 24.6. The Morgan fingerprint density at radius 1 is 0.771 bits per heavy atom. The fourth-order valence-corrected chi connectivity index (χ4v) is 5.91. The summed E-state index contributed by atoms with van der Waals surface area (Å²) in [6, 6.07) is 16.3. The molecular weight excluding hydrogens is 433 g/mol. The average molecular weight is 465 g/mol. The van der Waals surface area contributed by atoms with E-state index in [1.807, 2.05) is 6.07 Å². The highest BCUT2D eigenvalue weighted by atomic mass is 19.1. The summed E-state index contributed by atoms with van der Waals surface area (Å²) in [6.07, 6.45) is 4.23. The molecule has 2 nitrogen and oxygen atoms in total. The quantitative estimate of drug-likeness (QED) is 0.242. The zero-order valence-corrected chi connectivity index (χ0v) is 21.3. The maximum absolute atomic E-state index is 15.4. The smallest absolute Gasteiger partial charge is 0.216 e. The fourth-order valence-electron chi connectivity index (χ4n) is 5.91. The number of halogens is 1. The molecule has 5 aromatic rings. The molecule has 0 amide bonds. The molecular formula is C32H31FNO+. The summed E-state index contributed by atoms with van der Waals surface area (Å²) < 4.78 is 24.2. The lowest BCUT2D eigenvalue weighted by molar-refractivity contribution is -0.660. The standard InChI is InChI=1S/C32H31FNO/c1-18-7-10-24-25-11-12-26(33)29(21-8-9-22-15-32(4,5)16-23(22)14-21)31(25)35-30(24)28(18)27-13-19(2)20(3)17-34(27)6/h7-14,17H,15-16H2,1-6H3/q+1. The van der Waals surface area contributed by atoms with E-state index in [-0.39, 0.29) is 11.2 Å². The topological polar surface area (TPSA) is 17.0 Å². The van der Waals surface area contributed by atoms with E-state index >= 15 is 4.39 Å². The van der Waals surface area contributed by atoms with Gasteiger partial charge in [-0.15, -0.1) is 0 Å². The Labute approximate surface area is 206 Å². The summed E-state index contributed by atoms with van der Waals surface area (Å²) in [4.78, 5) is 0. The molecule has 2 heterocycles. The van der Waals surface area contributed by atoms with Crippen molar-refractivity contribution < 1.29 is 13.4 Å². The summed E-state index contributed by atoms with van der Waals surface area (Å²) in [5, 5.41) is 1.97. The average Bonchev–Trinajstić information content (AvgIpc) is 3.31. The van der Waals surface area contributed by atoms with Crippen molar-refractivity contribution in [2.24, 2.45) is 12.5 Å². The molecule has 176 valence electrons. The first-order chi connectivity index (χ1) is 16.6. The predicted octanol–water partition coefficient (Wildman–Crippen LogP) is 7.93. The Hall–Kier alpha value is -3.46. The van der Waals surface area contributed by atoms with Crippen LogP contribution in [0.2, 0.25) is 0 Å². The van der Waals surface area contributed by atoms with Gasteiger partial charge in [0.05, 0.1) is 11.1 Å². The van der Waals surface area contributed by atoms with E-state index in [0.29, 0.717) is 11.1 Å². The van der Waals surface area contributed by atoms with Crippen molar-refractivity contribution in [3.05, 3.63) is 88.4 Å². The molecule has 0 bridgehead atoms. The first kappa shape index (κ1) is 22.0. The van der Waals surface area contributed by atoms with Gasteiger partial charge in [-0.05, 0) is 79.0 Å². The molecule has 0 fully saturated rings. The van der Waals surface area contributed by atoms with Crippen LogP contribution in [0.25, 0.3) is 44.3 Å². The van der Waals surface area contributed by atoms with Crippen LogP contribution in [0.5, 0.6) is 0 Å². The van der Waals surface area contributed by atoms with E-state index < -0.39 is 0 Å². The van der Waals surface area contributed by atoms with Crippen molar-refractivity contribution in [2.45, 2.75) is 47.5 Å². The first-order valence-corrected chi connectivity index (χ1v) is 12.4. The Bertz CT molecular complexity index is 1670. The number of furan rings is 1. The molecule has 0 spiro atoms. The van der Waals surface area contributed by atoms with Crippen molar-refractivity contribution in [1.82, 2.24) is 0 Å². The van der Waals surface area contributed by atoms with Crippen molar-refractivity contribution in [3.8, 4) is 22.4 Å². The number of nitrogens with zero attached hydrogens (tertiary/aromatic N) is 1. The maximum atomic E-state index is 15.4. The van der Waals surface area contributed by atoms with E-state index in [4.69, 9.17) is 4.42 Å². The number of aromatic nitrogens is 1. The molecule has 0 N–H and O–H groups in total. The zero-order valence-electron chi connectivity index (χ0n) is 21.3. The molecule has 0 saturated carbocycles. The fraction of sp³-hybridized carbons (Fsp3) is 0.281. The lowest BCUT2D eigenvalue weighted by Crippen LogP contribution is -2.31. The van der Waals surface area contributed by atoms with Gasteiger partial charge in [-0.2, -0.15) is 0 Å². The molecule has 2 aromatic heterocycles. The van der Waals surface area contributed by atoms with Crippen molar-refractivity contribution in [2.75, 3.05) is 0 Å². The molecule has 6 rings (SSSR count). The summed E-state index contributed by atoms with van der Waals surface area (Å²) >= 11 is 0. The van der Waals surface area contributed by atoms with Gasteiger partial charge < -0.3 is 4.42 Å². The number of fused-ring (bicyclic) bond motifs is 4. The van der Waals surface area contributed by atoms with Crippen LogP contribution in [0.15, 0.2) is 59.1 Å².